The second-order valence-electron chi connectivity index (χ2n) is 2.89. The van der Waals surface area contributed by atoms with Crippen LogP contribution in [-0.4, -0.2) is 17.3 Å². The highest BCUT2D eigenvalue weighted by Gasteiger charge is 2.07. The summed E-state index contributed by atoms with van der Waals surface area (Å²) in [5.41, 5.74) is 8.33. The number of nitrogens with two attached hydrogens (primary N) is 1. The van der Waals surface area contributed by atoms with E-state index in [0.29, 0.717) is 11.4 Å². The first-order chi connectivity index (χ1) is 6.83. The minimum atomic E-state index is 0.624. The van der Waals surface area contributed by atoms with Crippen LogP contribution in [0.1, 0.15) is 0 Å². The standard InChI is InChI=1S/C10H11N3O/c1-14-9-4-2-3-7(10(9)11)8-5-6-12-13-8/h2-6H,11H2,1H3,(H,12,13). The second-order valence-corrected chi connectivity index (χ2v) is 2.89. The highest BCUT2D eigenvalue weighted by molar-refractivity contribution is 5.78. The first kappa shape index (κ1) is 8.62. The van der Waals surface area contributed by atoms with Gasteiger partial charge in [0.2, 0.25) is 0 Å². The average Bonchev–Trinajstić information content (AvgIpc) is 2.71. The summed E-state index contributed by atoms with van der Waals surface area (Å²) in [6.07, 6.45) is 1.69. The van der Waals surface area contributed by atoms with E-state index in [0.717, 1.165) is 11.3 Å². The molecule has 0 saturated carbocycles. The zero-order chi connectivity index (χ0) is 9.97. The maximum Gasteiger partial charge on any atom is 0.142 e. The fourth-order valence-electron chi connectivity index (χ4n) is 1.36. The average molecular weight is 189 g/mol. The highest BCUT2D eigenvalue weighted by atomic mass is 16.5. The number of ether oxygens (including phenoxy) is 1. The number of hydrogen-bond donors (Lipinski definition) is 2. The third-order valence-electron chi connectivity index (χ3n) is 2.08. The Balaban J connectivity index is 2.54. The van der Waals surface area contributed by atoms with Gasteiger partial charge in [-0.3, -0.25) is 5.10 Å². The van der Waals surface area contributed by atoms with Crippen molar-refractivity contribution in [2.45, 2.75) is 0 Å². The van der Waals surface area contributed by atoms with Gasteiger partial charge in [-0.25, -0.2) is 0 Å². The summed E-state index contributed by atoms with van der Waals surface area (Å²) in [7, 11) is 1.60. The fourth-order valence-corrected chi connectivity index (χ4v) is 1.36. The van der Waals surface area contributed by atoms with E-state index in [2.05, 4.69) is 10.2 Å². The van der Waals surface area contributed by atoms with Crippen LogP contribution >= 0.6 is 0 Å². The van der Waals surface area contributed by atoms with Crippen molar-refractivity contribution in [3.63, 3.8) is 0 Å². The van der Waals surface area contributed by atoms with Crippen molar-refractivity contribution in [2.75, 3.05) is 12.8 Å². The molecule has 0 spiro atoms. The van der Waals surface area contributed by atoms with Crippen molar-refractivity contribution in [3.8, 4) is 17.0 Å². The third kappa shape index (κ3) is 1.31. The Labute approximate surface area is 81.7 Å². The summed E-state index contributed by atoms with van der Waals surface area (Å²) in [4.78, 5) is 0. The molecule has 2 aromatic rings. The van der Waals surface area contributed by atoms with Gasteiger partial charge in [0.05, 0.1) is 18.5 Å². The lowest BCUT2D eigenvalue weighted by atomic mass is 10.1. The van der Waals surface area contributed by atoms with Crippen molar-refractivity contribution >= 4 is 5.69 Å². The van der Waals surface area contributed by atoms with Crippen molar-refractivity contribution in [2.24, 2.45) is 0 Å². The van der Waals surface area contributed by atoms with Gasteiger partial charge in [-0.15, -0.1) is 0 Å². The van der Waals surface area contributed by atoms with Crippen LogP contribution in [0.5, 0.6) is 5.75 Å². The number of methoxy groups -OCH3 is 1. The SMILES string of the molecule is COc1cccc(-c2ccn[nH]2)c1N. The molecule has 4 nitrogen and oxygen atoms in total. The predicted octanol–water partition coefficient (Wildman–Crippen LogP) is 1.67. The molecule has 4 heteroatoms. The van der Waals surface area contributed by atoms with Gasteiger partial charge in [0.25, 0.3) is 0 Å². The van der Waals surface area contributed by atoms with Gasteiger partial charge in [0, 0.05) is 11.8 Å². The van der Waals surface area contributed by atoms with E-state index < -0.39 is 0 Å². The quantitative estimate of drug-likeness (QED) is 0.706. The summed E-state index contributed by atoms with van der Waals surface area (Å²) in [6.45, 7) is 0. The predicted molar refractivity (Wildman–Crippen MR) is 55.0 cm³/mol. The Morgan fingerprint density at radius 3 is 2.86 bits per heavy atom. The van der Waals surface area contributed by atoms with Crippen molar-refractivity contribution in [1.29, 1.82) is 0 Å². The van der Waals surface area contributed by atoms with Crippen LogP contribution in [0.2, 0.25) is 0 Å². The Bertz CT molecular complexity index is 423. The maximum absolute atomic E-state index is 5.91. The van der Waals surface area contributed by atoms with Crippen LogP contribution in [0, 0.1) is 0 Å². The molecule has 0 radical (unpaired) electrons. The molecule has 0 fully saturated rings. The molecule has 3 N–H and O–H groups in total. The van der Waals surface area contributed by atoms with Gasteiger partial charge < -0.3 is 10.5 Å². The molecule has 14 heavy (non-hydrogen) atoms. The Morgan fingerprint density at radius 2 is 2.21 bits per heavy atom. The number of H-pyrrole nitrogens is 1. The largest absolute Gasteiger partial charge is 0.495 e. The monoisotopic (exact) mass is 189 g/mol. The van der Waals surface area contributed by atoms with Crippen LogP contribution in [0.25, 0.3) is 11.3 Å². The van der Waals surface area contributed by atoms with E-state index in [9.17, 15) is 0 Å². The molecule has 0 saturated heterocycles. The van der Waals surface area contributed by atoms with Crippen LogP contribution in [0.15, 0.2) is 30.5 Å². The van der Waals surface area contributed by atoms with Crippen LogP contribution in [-0.2, 0) is 0 Å². The van der Waals surface area contributed by atoms with Gasteiger partial charge in [0.15, 0.2) is 0 Å². The van der Waals surface area contributed by atoms with Crippen LogP contribution in [0.3, 0.4) is 0 Å². The van der Waals surface area contributed by atoms with E-state index >= 15 is 0 Å². The zero-order valence-corrected chi connectivity index (χ0v) is 7.82. The minimum Gasteiger partial charge on any atom is -0.495 e. The number of hydrogen-bond acceptors (Lipinski definition) is 3. The normalized spacial score (nSPS) is 10.1. The van der Waals surface area contributed by atoms with E-state index in [-0.39, 0.29) is 0 Å². The van der Waals surface area contributed by atoms with Gasteiger partial charge in [0.1, 0.15) is 5.75 Å². The number of anilines is 1. The number of nitrogens with zero attached hydrogens (tertiary/aromatic N) is 1. The van der Waals surface area contributed by atoms with Gasteiger partial charge >= 0.3 is 0 Å². The summed E-state index contributed by atoms with van der Waals surface area (Å²) < 4.78 is 5.12. The van der Waals surface area contributed by atoms with E-state index in [1.165, 1.54) is 0 Å². The molecule has 0 amide bonds. The first-order valence-electron chi connectivity index (χ1n) is 4.25. The molecule has 0 aliphatic carbocycles. The number of nitrogen functional groups attached to an aromatic ring is 1. The lowest BCUT2D eigenvalue weighted by Gasteiger charge is -2.07. The number of benzene rings is 1. The van der Waals surface area contributed by atoms with E-state index in [1.807, 2.05) is 24.3 Å². The summed E-state index contributed by atoms with van der Waals surface area (Å²) in [5, 5.41) is 6.73. The van der Waals surface area contributed by atoms with E-state index in [4.69, 9.17) is 10.5 Å². The second kappa shape index (κ2) is 3.41. The number of rotatable bonds is 2. The molecule has 72 valence electrons. The molecule has 1 aromatic heterocycles. The number of nitrogens with one attached hydrogen (secondary N) is 1. The van der Waals surface area contributed by atoms with Crippen molar-refractivity contribution in [3.05, 3.63) is 30.5 Å². The van der Waals surface area contributed by atoms with Crippen LogP contribution in [0.4, 0.5) is 5.69 Å². The lowest BCUT2D eigenvalue weighted by molar-refractivity contribution is 0.417. The van der Waals surface area contributed by atoms with Crippen molar-refractivity contribution < 1.29 is 4.74 Å². The molecule has 0 unspecified atom stereocenters. The summed E-state index contributed by atoms with van der Waals surface area (Å²) >= 11 is 0. The molecule has 0 atom stereocenters. The van der Waals surface area contributed by atoms with E-state index in [1.54, 1.807) is 13.3 Å². The highest BCUT2D eigenvalue weighted by Crippen LogP contribution is 2.31. The van der Waals surface area contributed by atoms with Gasteiger partial charge in [-0.05, 0) is 12.1 Å². The number of aromatic amines is 1. The fraction of sp³-hybridized carbons (Fsp3) is 0.100. The maximum atomic E-state index is 5.91. The Hall–Kier alpha value is -1.97. The van der Waals surface area contributed by atoms with Crippen molar-refractivity contribution in [1.82, 2.24) is 10.2 Å². The number of para-hydroxylation sites is 1. The zero-order valence-electron chi connectivity index (χ0n) is 7.82. The van der Waals surface area contributed by atoms with Gasteiger partial charge in [-0.1, -0.05) is 12.1 Å². The lowest BCUT2D eigenvalue weighted by Crippen LogP contribution is -1.95. The Kier molecular flexibility index (Phi) is 2.10. The molecule has 1 heterocycles. The Morgan fingerprint density at radius 1 is 1.36 bits per heavy atom. The summed E-state index contributed by atoms with van der Waals surface area (Å²) in [5.74, 6) is 0.678. The molecule has 0 bridgehead atoms. The molecular weight excluding hydrogens is 178 g/mol. The minimum absolute atomic E-state index is 0.624. The molecule has 0 aliphatic heterocycles. The smallest absolute Gasteiger partial charge is 0.142 e. The number of aromatic nitrogens is 2. The summed E-state index contributed by atoms with van der Waals surface area (Å²) in [6, 6.07) is 7.51. The van der Waals surface area contributed by atoms with Gasteiger partial charge in [-0.2, -0.15) is 5.10 Å². The first-order valence-corrected chi connectivity index (χ1v) is 4.25. The molecule has 1 aromatic carbocycles. The molecule has 2 rings (SSSR count). The molecular formula is C10H11N3O. The topological polar surface area (TPSA) is 63.9 Å². The molecule has 0 aliphatic rings. The third-order valence-corrected chi connectivity index (χ3v) is 2.08. The van der Waals surface area contributed by atoms with Crippen LogP contribution < -0.4 is 10.5 Å².